The largest absolute Gasteiger partial charge is 0.496 e. The molecule has 10 nitrogen and oxygen atoms in total. The molecule has 0 spiro atoms. The minimum absolute atomic E-state index is 0.0612. The highest BCUT2D eigenvalue weighted by Crippen LogP contribution is 2.27. The van der Waals surface area contributed by atoms with E-state index in [4.69, 9.17) is 4.74 Å². The summed E-state index contributed by atoms with van der Waals surface area (Å²) >= 11 is 0. The summed E-state index contributed by atoms with van der Waals surface area (Å²) < 4.78 is 7.20. The number of allylic oxidation sites excluding steroid dienone is 2. The Bertz CT molecular complexity index is 1570. The van der Waals surface area contributed by atoms with Gasteiger partial charge in [0.25, 0.3) is 11.8 Å². The number of benzene rings is 2. The minimum atomic E-state index is -0.620. The third-order valence-corrected chi connectivity index (χ3v) is 8.02. The number of likely N-dealkylation sites (N-methyl/N-ethyl adjacent to an activating group) is 1. The topological polar surface area (TPSA) is 109 Å². The van der Waals surface area contributed by atoms with Crippen molar-refractivity contribution in [3.05, 3.63) is 95.3 Å². The van der Waals surface area contributed by atoms with Gasteiger partial charge in [0.1, 0.15) is 11.8 Å². The number of hydrogen-bond acceptors (Lipinski definition) is 6. The fourth-order valence-electron chi connectivity index (χ4n) is 5.31. The Morgan fingerprint density at radius 3 is 2.27 bits per heavy atom. The maximum absolute atomic E-state index is 13.2. The molecule has 1 fully saturated rings. The molecule has 2 heterocycles. The van der Waals surface area contributed by atoms with E-state index >= 15 is 0 Å². The molecular weight excluding hydrogens is 568 g/mol. The van der Waals surface area contributed by atoms with Gasteiger partial charge in [-0.3, -0.25) is 14.4 Å². The summed E-state index contributed by atoms with van der Waals surface area (Å²) in [5.74, 6) is -0.0284. The predicted octanol–water partition coefficient (Wildman–Crippen LogP) is 4.62. The van der Waals surface area contributed by atoms with E-state index in [0.717, 1.165) is 47.8 Å². The number of ether oxygens (including phenoxy) is 1. The first-order chi connectivity index (χ1) is 21.6. The van der Waals surface area contributed by atoms with Crippen LogP contribution in [0.15, 0.2) is 67.3 Å². The normalized spacial score (nSPS) is 14.6. The van der Waals surface area contributed by atoms with E-state index in [9.17, 15) is 14.4 Å². The molecule has 1 aliphatic heterocycles. The van der Waals surface area contributed by atoms with Gasteiger partial charge < -0.3 is 25.2 Å². The summed E-state index contributed by atoms with van der Waals surface area (Å²) in [5.41, 5.74) is 4.70. The molecule has 0 bridgehead atoms. The number of anilines is 1. The Balaban J connectivity index is 1.45. The number of amides is 3. The minimum Gasteiger partial charge on any atom is -0.496 e. The number of nitrogens with one attached hydrogen (secondary N) is 2. The SMILES string of the molecule is C=C/C=C(/c1ccc(OC)c(CC)c1)n1nc(C(=O)Nc2ccc(C(=O)NC(C(=O)N3CCN(C)CC3)C(C)C)cc2)cc1C. The maximum atomic E-state index is 13.2. The zero-order valence-electron chi connectivity index (χ0n) is 27.1. The monoisotopic (exact) mass is 612 g/mol. The molecule has 3 amide bonds. The van der Waals surface area contributed by atoms with Crippen LogP contribution in [0.3, 0.4) is 0 Å². The van der Waals surface area contributed by atoms with Crippen LogP contribution in [0.2, 0.25) is 0 Å². The van der Waals surface area contributed by atoms with Crippen molar-refractivity contribution in [2.24, 2.45) is 5.92 Å². The molecule has 238 valence electrons. The molecule has 1 saturated heterocycles. The summed E-state index contributed by atoms with van der Waals surface area (Å²) in [6, 6.07) is 13.6. The van der Waals surface area contributed by atoms with Crippen molar-refractivity contribution in [2.45, 2.75) is 40.2 Å². The first-order valence-electron chi connectivity index (χ1n) is 15.3. The fourth-order valence-corrected chi connectivity index (χ4v) is 5.31. The summed E-state index contributed by atoms with van der Waals surface area (Å²) in [5, 5.41) is 10.4. The molecule has 1 atom stereocenters. The second kappa shape index (κ2) is 14.9. The number of carbonyl (C=O) groups is 3. The Morgan fingerprint density at radius 1 is 1.00 bits per heavy atom. The molecule has 1 aliphatic rings. The van der Waals surface area contributed by atoms with E-state index in [1.54, 1.807) is 48.2 Å². The molecule has 2 N–H and O–H groups in total. The number of aromatic nitrogens is 2. The lowest BCUT2D eigenvalue weighted by atomic mass is 10.0. The van der Waals surface area contributed by atoms with Gasteiger partial charge in [0.05, 0.1) is 12.8 Å². The van der Waals surface area contributed by atoms with E-state index in [1.807, 2.05) is 50.9 Å². The third-order valence-electron chi connectivity index (χ3n) is 8.02. The van der Waals surface area contributed by atoms with Gasteiger partial charge in [-0.2, -0.15) is 5.10 Å². The Kier molecular flexibility index (Phi) is 11.0. The van der Waals surface area contributed by atoms with E-state index in [2.05, 4.69) is 40.2 Å². The molecule has 0 aliphatic carbocycles. The van der Waals surface area contributed by atoms with Crippen LogP contribution in [0, 0.1) is 12.8 Å². The summed E-state index contributed by atoms with van der Waals surface area (Å²) in [7, 11) is 3.69. The van der Waals surface area contributed by atoms with Crippen LogP contribution < -0.4 is 15.4 Å². The lowest BCUT2D eigenvalue weighted by Crippen LogP contribution is -2.55. The van der Waals surface area contributed by atoms with Crippen LogP contribution in [0.4, 0.5) is 5.69 Å². The van der Waals surface area contributed by atoms with Gasteiger partial charge in [-0.1, -0.05) is 33.4 Å². The van der Waals surface area contributed by atoms with E-state index in [-0.39, 0.29) is 29.3 Å². The highest BCUT2D eigenvalue weighted by molar-refractivity contribution is 6.03. The molecule has 45 heavy (non-hydrogen) atoms. The van der Waals surface area contributed by atoms with Gasteiger partial charge in [0.2, 0.25) is 5.91 Å². The van der Waals surface area contributed by atoms with Crippen molar-refractivity contribution in [1.82, 2.24) is 24.9 Å². The Labute approximate surface area is 265 Å². The third kappa shape index (κ3) is 7.88. The number of methoxy groups -OCH3 is 1. The summed E-state index contributed by atoms with van der Waals surface area (Å²) in [4.78, 5) is 43.5. The number of carbonyl (C=O) groups excluding carboxylic acids is 3. The molecule has 2 aromatic carbocycles. The van der Waals surface area contributed by atoms with Crippen LogP contribution in [0.1, 0.15) is 58.4 Å². The van der Waals surface area contributed by atoms with Crippen molar-refractivity contribution < 1.29 is 19.1 Å². The average molecular weight is 613 g/mol. The standard InChI is InChI=1S/C35H44N6O4/c1-8-10-30(27-13-16-31(45-7)25(9-2)22-27)41-24(5)21-29(38-41)34(43)36-28-14-11-26(12-15-28)33(42)37-32(23(3)4)35(44)40-19-17-39(6)18-20-40/h8,10-16,21-23,32H,1,9,17-20H2,2-7H3,(H,36,43)(H,37,42)/b30-10-. The van der Waals surface area contributed by atoms with E-state index in [0.29, 0.717) is 24.3 Å². The first-order valence-corrected chi connectivity index (χ1v) is 15.3. The smallest absolute Gasteiger partial charge is 0.276 e. The molecule has 3 aromatic rings. The van der Waals surface area contributed by atoms with E-state index in [1.165, 1.54) is 0 Å². The van der Waals surface area contributed by atoms with Crippen molar-refractivity contribution in [2.75, 3.05) is 45.7 Å². The second-order valence-corrected chi connectivity index (χ2v) is 11.6. The highest BCUT2D eigenvalue weighted by atomic mass is 16.5. The number of rotatable bonds is 11. The molecule has 0 radical (unpaired) electrons. The van der Waals surface area contributed by atoms with Gasteiger partial charge in [-0.05, 0) is 86.5 Å². The van der Waals surface area contributed by atoms with Crippen molar-refractivity contribution in [3.63, 3.8) is 0 Å². The maximum Gasteiger partial charge on any atom is 0.276 e. The van der Waals surface area contributed by atoms with Crippen LogP contribution in [0.25, 0.3) is 5.70 Å². The summed E-state index contributed by atoms with van der Waals surface area (Å²) in [6.07, 6.45) is 4.35. The number of aryl methyl sites for hydroxylation is 2. The lowest BCUT2D eigenvalue weighted by Gasteiger charge is -2.35. The van der Waals surface area contributed by atoms with Crippen LogP contribution in [-0.2, 0) is 11.2 Å². The van der Waals surface area contributed by atoms with Gasteiger partial charge in [0, 0.05) is 48.7 Å². The predicted molar refractivity (Wildman–Crippen MR) is 177 cm³/mol. The molecular formula is C35H44N6O4. The quantitative estimate of drug-likeness (QED) is 0.306. The lowest BCUT2D eigenvalue weighted by molar-refractivity contribution is -0.135. The summed E-state index contributed by atoms with van der Waals surface area (Å²) in [6.45, 7) is 14.6. The first kappa shape index (κ1) is 33.2. The Hall–Kier alpha value is -4.70. The Morgan fingerprint density at radius 2 is 1.67 bits per heavy atom. The van der Waals surface area contributed by atoms with Crippen LogP contribution >= 0.6 is 0 Å². The zero-order chi connectivity index (χ0) is 32.7. The fraction of sp³-hybridized carbons (Fsp3) is 0.371. The van der Waals surface area contributed by atoms with Gasteiger partial charge in [0.15, 0.2) is 5.69 Å². The molecule has 4 rings (SSSR count). The van der Waals surface area contributed by atoms with Crippen molar-refractivity contribution >= 4 is 29.1 Å². The molecule has 1 aromatic heterocycles. The van der Waals surface area contributed by atoms with Crippen LogP contribution in [0.5, 0.6) is 5.75 Å². The van der Waals surface area contributed by atoms with E-state index < -0.39 is 6.04 Å². The zero-order valence-corrected chi connectivity index (χ0v) is 27.1. The number of piperazine rings is 1. The number of nitrogens with zero attached hydrogens (tertiary/aromatic N) is 4. The highest BCUT2D eigenvalue weighted by Gasteiger charge is 2.30. The van der Waals surface area contributed by atoms with Crippen LogP contribution in [-0.4, -0.2) is 83.7 Å². The van der Waals surface area contributed by atoms with Gasteiger partial charge in [-0.25, -0.2) is 4.68 Å². The molecule has 0 saturated carbocycles. The van der Waals surface area contributed by atoms with Gasteiger partial charge >= 0.3 is 0 Å². The number of hydrogen-bond donors (Lipinski definition) is 2. The van der Waals surface area contributed by atoms with Gasteiger partial charge in [-0.15, -0.1) is 0 Å². The van der Waals surface area contributed by atoms with Crippen molar-refractivity contribution in [3.8, 4) is 5.75 Å². The van der Waals surface area contributed by atoms with Crippen molar-refractivity contribution in [1.29, 1.82) is 0 Å². The second-order valence-electron chi connectivity index (χ2n) is 11.6. The molecule has 10 heteroatoms. The average Bonchev–Trinajstić information content (AvgIpc) is 3.43. The molecule has 1 unspecified atom stereocenters.